The Bertz CT molecular complexity index is 381. The minimum atomic E-state index is -1.97. The quantitative estimate of drug-likeness (QED) is 0.686. The van der Waals surface area contributed by atoms with Gasteiger partial charge >= 0.3 is 0 Å². The number of ether oxygens (including phenoxy) is 1. The Kier molecular flexibility index (Phi) is 5.92. The molecule has 0 radical (unpaired) electrons. The molecule has 0 aromatic rings. The molecule has 0 bridgehead atoms. The molecule has 132 valence electrons. The Morgan fingerprint density at radius 2 is 1.55 bits per heavy atom. The van der Waals surface area contributed by atoms with Crippen molar-refractivity contribution in [2.75, 3.05) is 13.2 Å². The Labute approximate surface area is 135 Å². The van der Waals surface area contributed by atoms with Crippen molar-refractivity contribution in [1.29, 1.82) is 0 Å². The third kappa shape index (κ3) is 4.10. The fraction of sp³-hybridized carbons (Fsp3) is 1.00. The molecule has 4 atom stereocenters. The topological polar surface area (TPSA) is 79.2 Å². The summed E-state index contributed by atoms with van der Waals surface area (Å²) in [6.07, 6.45) is -0.718. The molecule has 5 nitrogen and oxygen atoms in total. The van der Waals surface area contributed by atoms with Crippen LogP contribution in [0.15, 0.2) is 0 Å². The van der Waals surface area contributed by atoms with Gasteiger partial charge in [-0.1, -0.05) is 20.8 Å². The molecule has 1 aliphatic rings. The minimum absolute atomic E-state index is 0.0683. The Balaban J connectivity index is 2.94. The molecule has 0 amide bonds. The second-order valence-electron chi connectivity index (χ2n) is 8.54. The van der Waals surface area contributed by atoms with Crippen LogP contribution in [0.1, 0.15) is 47.5 Å². The number of aliphatic hydroxyl groups is 3. The van der Waals surface area contributed by atoms with Gasteiger partial charge < -0.3 is 24.5 Å². The predicted molar refractivity (Wildman–Crippen MR) is 89.4 cm³/mol. The van der Waals surface area contributed by atoms with Crippen molar-refractivity contribution >= 4 is 8.32 Å². The van der Waals surface area contributed by atoms with Gasteiger partial charge in [-0.15, -0.1) is 0 Å². The van der Waals surface area contributed by atoms with Crippen molar-refractivity contribution in [3.63, 3.8) is 0 Å². The summed E-state index contributed by atoms with van der Waals surface area (Å²) >= 11 is 0. The van der Waals surface area contributed by atoms with Gasteiger partial charge in [0, 0.05) is 0 Å². The molecule has 1 aliphatic heterocycles. The first-order chi connectivity index (χ1) is 9.77. The summed E-state index contributed by atoms with van der Waals surface area (Å²) in [5, 5.41) is 30.3. The first-order valence-electron chi connectivity index (χ1n) is 8.08. The van der Waals surface area contributed by atoms with Crippen LogP contribution in [0, 0.1) is 0 Å². The molecule has 1 fully saturated rings. The molecule has 0 saturated carbocycles. The van der Waals surface area contributed by atoms with Gasteiger partial charge in [-0.05, 0) is 44.8 Å². The van der Waals surface area contributed by atoms with Crippen LogP contribution in [-0.4, -0.2) is 60.3 Å². The Morgan fingerprint density at radius 3 is 1.95 bits per heavy atom. The molecule has 0 unspecified atom stereocenters. The molecular formula is C16H34O5Si. The second-order valence-corrected chi connectivity index (χ2v) is 13.4. The van der Waals surface area contributed by atoms with Gasteiger partial charge in [-0.25, -0.2) is 0 Å². The highest BCUT2D eigenvalue weighted by molar-refractivity contribution is 6.74. The summed E-state index contributed by atoms with van der Waals surface area (Å²) in [7, 11) is -1.97. The van der Waals surface area contributed by atoms with Gasteiger partial charge in [0.05, 0.1) is 25.4 Å². The van der Waals surface area contributed by atoms with E-state index >= 15 is 0 Å². The van der Waals surface area contributed by atoms with Crippen LogP contribution >= 0.6 is 0 Å². The molecule has 1 rings (SSSR count). The minimum Gasteiger partial charge on any atom is -0.414 e. The van der Waals surface area contributed by atoms with E-state index in [0.29, 0.717) is 12.8 Å². The van der Waals surface area contributed by atoms with Crippen molar-refractivity contribution in [2.24, 2.45) is 0 Å². The predicted octanol–water partition coefficient (Wildman–Crippen LogP) is 2.05. The van der Waals surface area contributed by atoms with Gasteiger partial charge in [0.25, 0.3) is 0 Å². The van der Waals surface area contributed by atoms with E-state index in [2.05, 4.69) is 33.9 Å². The molecule has 1 saturated heterocycles. The number of rotatable bonds is 4. The van der Waals surface area contributed by atoms with Gasteiger partial charge in [0.1, 0.15) is 11.2 Å². The smallest absolute Gasteiger partial charge is 0.192 e. The van der Waals surface area contributed by atoms with E-state index < -0.39 is 31.7 Å². The standard InChI is InChI=1S/C16H34O5Si/c1-14(2,3)22(6,7)20-11-16(5)13(19)9-8-12(18)15(4,10-17)21-16/h12-13,17-19H,8-11H2,1-7H3/t12-,13+,15+,16-/m0/s1. The lowest BCUT2D eigenvalue weighted by Crippen LogP contribution is -2.56. The highest BCUT2D eigenvalue weighted by Crippen LogP contribution is 2.39. The molecule has 22 heavy (non-hydrogen) atoms. The van der Waals surface area contributed by atoms with Crippen LogP contribution < -0.4 is 0 Å². The Morgan fingerprint density at radius 1 is 1.09 bits per heavy atom. The molecule has 3 N–H and O–H groups in total. The highest BCUT2D eigenvalue weighted by Gasteiger charge is 2.49. The van der Waals surface area contributed by atoms with E-state index in [1.165, 1.54) is 0 Å². The summed E-state index contributed by atoms with van der Waals surface area (Å²) in [6.45, 7) is 14.2. The largest absolute Gasteiger partial charge is 0.414 e. The van der Waals surface area contributed by atoms with Crippen molar-refractivity contribution in [1.82, 2.24) is 0 Å². The maximum atomic E-state index is 10.5. The summed E-state index contributed by atoms with van der Waals surface area (Å²) in [5.74, 6) is 0. The normalized spacial score (nSPS) is 37.9. The Hall–Kier alpha value is 0.0169. The fourth-order valence-electron chi connectivity index (χ4n) is 2.40. The van der Waals surface area contributed by atoms with Gasteiger partial charge in [-0.3, -0.25) is 0 Å². The van der Waals surface area contributed by atoms with E-state index in [1.54, 1.807) is 13.8 Å². The third-order valence-corrected chi connectivity index (χ3v) is 9.91. The fourth-order valence-corrected chi connectivity index (χ4v) is 3.48. The molecular weight excluding hydrogens is 300 g/mol. The first kappa shape index (κ1) is 20.1. The zero-order chi connectivity index (χ0) is 17.4. The maximum Gasteiger partial charge on any atom is 0.192 e. The zero-order valence-corrected chi connectivity index (χ0v) is 16.1. The lowest BCUT2D eigenvalue weighted by molar-refractivity contribution is -0.225. The number of hydrogen-bond donors (Lipinski definition) is 3. The lowest BCUT2D eigenvalue weighted by atomic mass is 9.95. The second kappa shape index (κ2) is 6.49. The van der Waals surface area contributed by atoms with Crippen LogP contribution in [0.3, 0.4) is 0 Å². The van der Waals surface area contributed by atoms with Crippen LogP contribution in [0.25, 0.3) is 0 Å². The summed E-state index contributed by atoms with van der Waals surface area (Å²) < 4.78 is 12.2. The number of hydrogen-bond acceptors (Lipinski definition) is 5. The van der Waals surface area contributed by atoms with E-state index in [1.807, 2.05) is 0 Å². The van der Waals surface area contributed by atoms with Crippen molar-refractivity contribution in [3.05, 3.63) is 0 Å². The number of aliphatic hydroxyl groups excluding tert-OH is 3. The summed E-state index contributed by atoms with van der Waals surface area (Å²) in [4.78, 5) is 0. The average molecular weight is 335 g/mol. The van der Waals surface area contributed by atoms with Gasteiger partial charge in [-0.2, -0.15) is 0 Å². The van der Waals surface area contributed by atoms with E-state index in [-0.39, 0.29) is 18.3 Å². The monoisotopic (exact) mass is 334 g/mol. The van der Waals surface area contributed by atoms with Crippen LogP contribution in [0.2, 0.25) is 18.1 Å². The summed E-state index contributed by atoms with van der Waals surface area (Å²) in [6, 6.07) is 0. The van der Waals surface area contributed by atoms with Gasteiger partial charge in [0.2, 0.25) is 0 Å². The van der Waals surface area contributed by atoms with E-state index in [0.717, 1.165) is 0 Å². The maximum absolute atomic E-state index is 10.5. The van der Waals surface area contributed by atoms with Crippen molar-refractivity contribution < 1.29 is 24.5 Å². The van der Waals surface area contributed by atoms with Gasteiger partial charge in [0.15, 0.2) is 8.32 Å². The molecule has 6 heteroatoms. The van der Waals surface area contributed by atoms with E-state index in [9.17, 15) is 15.3 Å². The van der Waals surface area contributed by atoms with E-state index in [4.69, 9.17) is 9.16 Å². The SMILES string of the molecule is CC(C)(C)[Si](C)(C)OC[C@]1(C)O[C@](C)(CO)[C@@H](O)CC[C@H]1O. The third-order valence-electron chi connectivity index (χ3n) is 5.43. The molecule has 0 aliphatic carbocycles. The van der Waals surface area contributed by atoms with Crippen LogP contribution in [0.4, 0.5) is 0 Å². The van der Waals surface area contributed by atoms with Crippen molar-refractivity contribution in [3.8, 4) is 0 Å². The van der Waals surface area contributed by atoms with Crippen LogP contribution in [0.5, 0.6) is 0 Å². The highest BCUT2D eigenvalue weighted by atomic mass is 28.4. The molecule has 0 aromatic heterocycles. The van der Waals surface area contributed by atoms with Crippen LogP contribution in [-0.2, 0) is 9.16 Å². The zero-order valence-electron chi connectivity index (χ0n) is 15.1. The lowest BCUT2D eigenvalue weighted by Gasteiger charge is -2.44. The van der Waals surface area contributed by atoms with Crippen molar-refractivity contribution in [2.45, 2.75) is 89.0 Å². The molecule has 1 heterocycles. The molecule has 0 spiro atoms. The summed E-state index contributed by atoms with van der Waals surface area (Å²) in [5.41, 5.74) is -2.02. The first-order valence-corrected chi connectivity index (χ1v) is 11.0. The molecule has 0 aromatic carbocycles. The average Bonchev–Trinajstić information content (AvgIpc) is 2.47.